The van der Waals surface area contributed by atoms with Gasteiger partial charge in [-0.2, -0.15) is 13.2 Å². The zero-order chi connectivity index (χ0) is 19.6. The van der Waals surface area contributed by atoms with Crippen molar-refractivity contribution in [2.45, 2.75) is 19.0 Å². The molecule has 1 amide bonds. The summed E-state index contributed by atoms with van der Waals surface area (Å²) >= 11 is 0. The second kappa shape index (κ2) is 7.71. The number of anilines is 1. The Morgan fingerprint density at radius 3 is 2.33 bits per heavy atom. The van der Waals surface area contributed by atoms with Crippen molar-refractivity contribution in [3.05, 3.63) is 33.9 Å². The van der Waals surface area contributed by atoms with Crippen molar-refractivity contribution in [1.29, 1.82) is 0 Å². The van der Waals surface area contributed by atoms with Crippen LogP contribution in [0, 0.1) is 16.0 Å². The molecule has 27 heavy (non-hydrogen) atoms. The van der Waals surface area contributed by atoms with Crippen molar-refractivity contribution >= 4 is 17.3 Å². The summed E-state index contributed by atoms with van der Waals surface area (Å²) in [5, 5.41) is 11.3. The molecular formula is C17H20F3N3O4. The number of benzene rings is 1. The Kier molecular flexibility index (Phi) is 5.54. The maximum absolute atomic E-state index is 12.8. The van der Waals surface area contributed by atoms with Crippen LogP contribution >= 0.6 is 0 Å². The van der Waals surface area contributed by atoms with Crippen LogP contribution in [0.4, 0.5) is 24.5 Å². The van der Waals surface area contributed by atoms with Gasteiger partial charge in [0.2, 0.25) is 5.91 Å². The highest BCUT2D eigenvalue weighted by atomic mass is 19.4. The fourth-order valence-electron chi connectivity index (χ4n) is 3.52. The highest BCUT2D eigenvalue weighted by molar-refractivity contribution is 5.79. The number of hydrogen-bond acceptors (Lipinski definition) is 5. The number of rotatable bonds is 3. The van der Waals surface area contributed by atoms with E-state index in [0.29, 0.717) is 58.3 Å². The minimum atomic E-state index is -4.64. The van der Waals surface area contributed by atoms with Crippen LogP contribution in [0.25, 0.3) is 0 Å². The normalized spacial score (nSPS) is 19.2. The number of carbonyl (C=O) groups excluding carboxylic acids is 1. The molecule has 0 aromatic heterocycles. The highest BCUT2D eigenvalue weighted by Crippen LogP contribution is 2.37. The number of amides is 1. The summed E-state index contributed by atoms with van der Waals surface area (Å²) in [6, 6.07) is 2.57. The molecule has 7 nitrogen and oxygen atoms in total. The summed E-state index contributed by atoms with van der Waals surface area (Å²) in [5.41, 5.74) is -1.46. The Balaban J connectivity index is 1.70. The van der Waals surface area contributed by atoms with E-state index in [2.05, 4.69) is 0 Å². The molecule has 2 heterocycles. The Morgan fingerprint density at radius 1 is 1.15 bits per heavy atom. The van der Waals surface area contributed by atoms with Gasteiger partial charge in [-0.15, -0.1) is 0 Å². The fraction of sp³-hybridized carbons (Fsp3) is 0.588. The molecule has 3 rings (SSSR count). The van der Waals surface area contributed by atoms with Gasteiger partial charge in [-0.3, -0.25) is 14.9 Å². The number of carbonyl (C=O) groups is 1. The lowest BCUT2D eigenvalue weighted by Crippen LogP contribution is -2.46. The van der Waals surface area contributed by atoms with Gasteiger partial charge in [0.15, 0.2) is 0 Å². The summed E-state index contributed by atoms with van der Waals surface area (Å²) in [6.07, 6.45) is -3.62. The molecule has 10 heteroatoms. The van der Waals surface area contributed by atoms with Gasteiger partial charge in [0, 0.05) is 38.2 Å². The third-order valence-electron chi connectivity index (χ3n) is 5.01. The number of alkyl halides is 3. The molecule has 0 radical (unpaired) electrons. The van der Waals surface area contributed by atoms with Crippen molar-refractivity contribution < 1.29 is 27.6 Å². The molecule has 1 aromatic carbocycles. The van der Waals surface area contributed by atoms with Crippen molar-refractivity contribution in [3.63, 3.8) is 0 Å². The summed E-state index contributed by atoms with van der Waals surface area (Å²) in [5.74, 6) is -0.118. The van der Waals surface area contributed by atoms with Crippen molar-refractivity contribution in [3.8, 4) is 0 Å². The monoisotopic (exact) mass is 387 g/mol. The largest absolute Gasteiger partial charge is 0.416 e. The molecule has 0 N–H and O–H groups in total. The van der Waals surface area contributed by atoms with Crippen LogP contribution in [0.1, 0.15) is 18.4 Å². The summed E-state index contributed by atoms with van der Waals surface area (Å²) < 4.78 is 43.7. The van der Waals surface area contributed by atoms with Gasteiger partial charge in [0.05, 0.1) is 23.7 Å². The summed E-state index contributed by atoms with van der Waals surface area (Å²) in [6.45, 7) is 2.91. The number of morpholine rings is 1. The predicted molar refractivity (Wildman–Crippen MR) is 90.4 cm³/mol. The lowest BCUT2D eigenvalue weighted by Gasteiger charge is -2.36. The van der Waals surface area contributed by atoms with Crippen molar-refractivity contribution in [2.24, 2.45) is 5.92 Å². The Morgan fingerprint density at radius 2 is 1.78 bits per heavy atom. The molecule has 0 aliphatic carbocycles. The number of piperidine rings is 1. The van der Waals surface area contributed by atoms with Gasteiger partial charge in [-0.1, -0.05) is 0 Å². The van der Waals surface area contributed by atoms with Gasteiger partial charge in [-0.05, 0) is 25.0 Å². The minimum absolute atomic E-state index is 0.0554. The molecule has 2 aliphatic heterocycles. The lowest BCUT2D eigenvalue weighted by molar-refractivity contribution is -0.384. The van der Waals surface area contributed by atoms with Crippen LogP contribution in [0.15, 0.2) is 18.2 Å². The van der Waals surface area contributed by atoms with Crippen LogP contribution in [0.2, 0.25) is 0 Å². The molecule has 0 bridgehead atoms. The van der Waals surface area contributed by atoms with E-state index in [4.69, 9.17) is 4.74 Å². The zero-order valence-corrected chi connectivity index (χ0v) is 14.6. The summed E-state index contributed by atoms with van der Waals surface area (Å²) in [4.78, 5) is 26.5. The van der Waals surface area contributed by atoms with Crippen molar-refractivity contribution in [1.82, 2.24) is 4.90 Å². The SMILES string of the molecule is O=C(C1CCN(c2ccc(C(F)(F)F)cc2[N+](=O)[O-])CC1)N1CCOCC1. The molecule has 0 atom stereocenters. The number of nitro groups is 1. The third-order valence-corrected chi connectivity index (χ3v) is 5.01. The first kappa shape index (κ1) is 19.4. The second-order valence-corrected chi connectivity index (χ2v) is 6.66. The molecule has 2 aliphatic rings. The van der Waals surface area contributed by atoms with Crippen molar-refractivity contribution in [2.75, 3.05) is 44.3 Å². The van der Waals surface area contributed by atoms with E-state index in [9.17, 15) is 28.1 Å². The molecule has 0 saturated carbocycles. The quantitative estimate of drug-likeness (QED) is 0.589. The third kappa shape index (κ3) is 4.32. The average molecular weight is 387 g/mol. The Labute approximate surface area is 153 Å². The molecular weight excluding hydrogens is 367 g/mol. The molecule has 2 fully saturated rings. The fourth-order valence-corrected chi connectivity index (χ4v) is 3.52. The van der Waals surface area contributed by atoms with Gasteiger partial charge >= 0.3 is 6.18 Å². The minimum Gasteiger partial charge on any atom is -0.378 e. The van der Waals surface area contributed by atoms with Crippen LogP contribution in [0.5, 0.6) is 0 Å². The average Bonchev–Trinajstić information content (AvgIpc) is 2.67. The van der Waals surface area contributed by atoms with E-state index < -0.39 is 22.4 Å². The van der Waals surface area contributed by atoms with Gasteiger partial charge < -0.3 is 14.5 Å². The molecule has 1 aromatic rings. The Hall–Kier alpha value is -2.36. The lowest BCUT2D eigenvalue weighted by atomic mass is 9.94. The van der Waals surface area contributed by atoms with Gasteiger partial charge in [-0.25, -0.2) is 0 Å². The Bertz CT molecular complexity index is 712. The molecule has 2 saturated heterocycles. The second-order valence-electron chi connectivity index (χ2n) is 6.66. The number of halogens is 3. The van der Waals surface area contributed by atoms with E-state index in [0.717, 1.165) is 12.1 Å². The van der Waals surface area contributed by atoms with E-state index in [1.807, 2.05) is 0 Å². The maximum atomic E-state index is 12.8. The number of nitro benzene ring substituents is 1. The smallest absolute Gasteiger partial charge is 0.378 e. The first-order valence-corrected chi connectivity index (χ1v) is 8.74. The van der Waals surface area contributed by atoms with Gasteiger partial charge in [0.25, 0.3) is 5.69 Å². The predicted octanol–water partition coefficient (Wildman–Crippen LogP) is 2.69. The number of hydrogen-bond donors (Lipinski definition) is 0. The molecule has 0 unspecified atom stereocenters. The van der Waals surface area contributed by atoms with E-state index in [1.54, 1.807) is 9.80 Å². The molecule has 148 valence electrons. The first-order chi connectivity index (χ1) is 12.8. The van der Waals surface area contributed by atoms with Gasteiger partial charge in [0.1, 0.15) is 5.69 Å². The standard InChI is InChI=1S/C17H20F3N3O4/c18-17(19,20)13-1-2-14(15(11-13)23(25)26)21-5-3-12(4-6-21)16(24)22-7-9-27-10-8-22/h1-2,11-12H,3-10H2. The summed E-state index contributed by atoms with van der Waals surface area (Å²) in [7, 11) is 0. The van der Waals surface area contributed by atoms with Crippen LogP contribution < -0.4 is 4.90 Å². The first-order valence-electron chi connectivity index (χ1n) is 8.74. The van der Waals surface area contributed by atoms with Crippen LogP contribution in [-0.2, 0) is 15.7 Å². The van der Waals surface area contributed by atoms with Crippen LogP contribution in [0.3, 0.4) is 0 Å². The topological polar surface area (TPSA) is 75.9 Å². The molecule has 0 spiro atoms. The number of nitrogens with zero attached hydrogens (tertiary/aromatic N) is 3. The van der Waals surface area contributed by atoms with E-state index in [1.165, 1.54) is 0 Å². The number of ether oxygens (including phenoxy) is 1. The maximum Gasteiger partial charge on any atom is 0.416 e. The van der Waals surface area contributed by atoms with Crippen LogP contribution in [-0.4, -0.2) is 55.1 Å². The highest BCUT2D eigenvalue weighted by Gasteiger charge is 2.35. The zero-order valence-electron chi connectivity index (χ0n) is 14.6. The van der Waals surface area contributed by atoms with E-state index in [-0.39, 0.29) is 17.5 Å². The van der Waals surface area contributed by atoms with E-state index >= 15 is 0 Å².